The lowest BCUT2D eigenvalue weighted by Gasteiger charge is -2.26. The zero-order valence-corrected chi connectivity index (χ0v) is 19.7. The number of carbonyl (C=O) groups excluding carboxylic acids is 2. The molecule has 33 heavy (non-hydrogen) atoms. The number of nitrogens with zero attached hydrogens (tertiary/aromatic N) is 1. The Morgan fingerprint density at radius 1 is 1.09 bits per heavy atom. The molecule has 1 amide bonds. The summed E-state index contributed by atoms with van der Waals surface area (Å²) in [5.74, 6) is -1.10. The maximum atomic E-state index is 13.1. The van der Waals surface area contributed by atoms with E-state index in [2.05, 4.69) is 5.32 Å². The second-order valence-electron chi connectivity index (χ2n) is 7.37. The van der Waals surface area contributed by atoms with Crippen LogP contribution in [0.2, 0.25) is 5.02 Å². The Balaban J connectivity index is 1.61. The fraction of sp³-hybridized carbons (Fsp3) is 0.304. The highest BCUT2D eigenvalue weighted by Crippen LogP contribution is 2.31. The van der Waals surface area contributed by atoms with Crippen LogP contribution in [-0.4, -0.2) is 51.4 Å². The Hall–Kier alpha value is -2.88. The maximum absolute atomic E-state index is 13.1. The summed E-state index contributed by atoms with van der Waals surface area (Å²) in [4.78, 5) is 24.1. The molecule has 2 aromatic rings. The SMILES string of the molecule is COc1ccc(NC(=O)COC(=O)/C=C/c2ccc(Cl)cc2)cc1S(=O)(=O)N1CCCCC1. The molecule has 1 aliphatic rings. The fourth-order valence-electron chi connectivity index (χ4n) is 3.32. The minimum absolute atomic E-state index is 0.0207. The second-order valence-corrected chi connectivity index (χ2v) is 9.71. The van der Waals surface area contributed by atoms with Gasteiger partial charge < -0.3 is 14.8 Å². The molecule has 1 saturated heterocycles. The molecule has 8 nitrogen and oxygen atoms in total. The van der Waals surface area contributed by atoms with E-state index in [1.807, 2.05) is 0 Å². The molecule has 1 N–H and O–H groups in total. The predicted molar refractivity (Wildman–Crippen MR) is 126 cm³/mol. The molecular formula is C23H25ClN2O6S. The number of piperidine rings is 1. The molecule has 3 rings (SSSR count). The standard InChI is InChI=1S/C23H25ClN2O6S/c1-31-20-11-10-19(15-21(20)33(29,30)26-13-3-2-4-14-26)25-22(27)16-32-23(28)12-7-17-5-8-18(24)9-6-17/h5-12,15H,2-4,13-14,16H2,1H3,(H,25,27)/b12-7+. The quantitative estimate of drug-likeness (QED) is 0.445. The van der Waals surface area contributed by atoms with Gasteiger partial charge in [0.25, 0.3) is 5.91 Å². The Morgan fingerprint density at radius 3 is 2.45 bits per heavy atom. The lowest BCUT2D eigenvalue weighted by molar-refractivity contribution is -0.142. The van der Waals surface area contributed by atoms with Crippen LogP contribution >= 0.6 is 11.6 Å². The first-order valence-electron chi connectivity index (χ1n) is 10.4. The van der Waals surface area contributed by atoms with Crippen LogP contribution in [0, 0.1) is 0 Å². The van der Waals surface area contributed by atoms with E-state index in [1.165, 1.54) is 41.8 Å². The van der Waals surface area contributed by atoms with Crippen LogP contribution in [0.4, 0.5) is 5.69 Å². The van der Waals surface area contributed by atoms with Crippen LogP contribution in [-0.2, 0) is 24.3 Å². The van der Waals surface area contributed by atoms with Crippen LogP contribution < -0.4 is 10.1 Å². The number of carbonyl (C=O) groups is 2. The number of sulfonamides is 1. The first-order valence-corrected chi connectivity index (χ1v) is 12.2. The van der Waals surface area contributed by atoms with Gasteiger partial charge in [-0.25, -0.2) is 13.2 Å². The molecule has 1 fully saturated rings. The number of ether oxygens (including phenoxy) is 2. The van der Waals surface area contributed by atoms with Gasteiger partial charge in [0.15, 0.2) is 6.61 Å². The molecular weight excluding hydrogens is 468 g/mol. The van der Waals surface area contributed by atoms with E-state index < -0.39 is 28.5 Å². The number of anilines is 1. The number of benzene rings is 2. The smallest absolute Gasteiger partial charge is 0.331 e. The summed E-state index contributed by atoms with van der Waals surface area (Å²) in [6.45, 7) is 0.368. The summed E-state index contributed by atoms with van der Waals surface area (Å²) >= 11 is 5.81. The van der Waals surface area contributed by atoms with E-state index in [0.29, 0.717) is 18.1 Å². The largest absolute Gasteiger partial charge is 0.495 e. The van der Waals surface area contributed by atoms with Gasteiger partial charge in [-0.3, -0.25) is 4.79 Å². The van der Waals surface area contributed by atoms with Crippen LogP contribution in [0.5, 0.6) is 5.75 Å². The molecule has 0 bridgehead atoms. The van der Waals surface area contributed by atoms with Crippen molar-refractivity contribution in [2.24, 2.45) is 0 Å². The van der Waals surface area contributed by atoms with Crippen molar-refractivity contribution in [1.29, 1.82) is 0 Å². The minimum atomic E-state index is -3.77. The van der Waals surface area contributed by atoms with Crippen molar-refractivity contribution in [3.05, 3.63) is 59.1 Å². The summed E-state index contributed by atoms with van der Waals surface area (Å²) in [7, 11) is -2.38. The first-order chi connectivity index (χ1) is 15.8. The van der Waals surface area contributed by atoms with Gasteiger partial charge in [-0.15, -0.1) is 0 Å². The van der Waals surface area contributed by atoms with Crippen molar-refractivity contribution in [1.82, 2.24) is 4.31 Å². The second kappa shape index (κ2) is 11.3. The highest BCUT2D eigenvalue weighted by molar-refractivity contribution is 7.89. The molecule has 10 heteroatoms. The van der Waals surface area contributed by atoms with Gasteiger partial charge in [0.2, 0.25) is 10.0 Å². The van der Waals surface area contributed by atoms with Crippen LogP contribution in [0.3, 0.4) is 0 Å². The van der Waals surface area contributed by atoms with Crippen molar-refractivity contribution in [2.45, 2.75) is 24.2 Å². The summed E-state index contributed by atoms with van der Waals surface area (Å²) in [5.41, 5.74) is 1.01. The molecule has 1 heterocycles. The number of esters is 1. The monoisotopic (exact) mass is 492 g/mol. The van der Waals surface area contributed by atoms with E-state index in [4.69, 9.17) is 21.1 Å². The van der Waals surface area contributed by atoms with Gasteiger partial charge in [0.1, 0.15) is 10.6 Å². The molecule has 0 aromatic heterocycles. The summed E-state index contributed by atoms with van der Waals surface area (Å²) in [6, 6.07) is 11.2. The predicted octanol–water partition coefficient (Wildman–Crippen LogP) is 3.72. The Bertz CT molecular complexity index is 1130. The number of rotatable bonds is 8. The number of nitrogens with one attached hydrogen (secondary N) is 1. The highest BCUT2D eigenvalue weighted by Gasteiger charge is 2.29. The third-order valence-electron chi connectivity index (χ3n) is 5.01. The van der Waals surface area contributed by atoms with E-state index in [9.17, 15) is 18.0 Å². The highest BCUT2D eigenvalue weighted by atomic mass is 35.5. The van der Waals surface area contributed by atoms with E-state index in [-0.39, 0.29) is 16.3 Å². The molecule has 2 aromatic carbocycles. The van der Waals surface area contributed by atoms with Crippen LogP contribution in [0.25, 0.3) is 6.08 Å². The molecule has 0 unspecified atom stereocenters. The zero-order chi connectivity index (χ0) is 23.8. The third kappa shape index (κ3) is 6.80. The van der Waals surface area contributed by atoms with Crippen molar-refractivity contribution in [3.8, 4) is 5.75 Å². The first kappa shape index (κ1) is 24.8. The molecule has 0 spiro atoms. The fourth-order valence-corrected chi connectivity index (χ4v) is 5.14. The van der Waals surface area contributed by atoms with Crippen LogP contribution in [0.15, 0.2) is 53.4 Å². The molecule has 0 aliphatic carbocycles. The minimum Gasteiger partial charge on any atom is -0.495 e. The zero-order valence-electron chi connectivity index (χ0n) is 18.1. The summed E-state index contributed by atoms with van der Waals surface area (Å²) in [6.07, 6.45) is 5.34. The van der Waals surface area contributed by atoms with Gasteiger partial charge >= 0.3 is 5.97 Å². The van der Waals surface area contributed by atoms with Crippen molar-refractivity contribution < 1.29 is 27.5 Å². The normalized spacial score (nSPS) is 14.7. The Kier molecular flexibility index (Phi) is 8.49. The van der Waals surface area contributed by atoms with Gasteiger partial charge in [0.05, 0.1) is 7.11 Å². The average molecular weight is 493 g/mol. The maximum Gasteiger partial charge on any atom is 0.331 e. The van der Waals surface area contributed by atoms with Crippen molar-refractivity contribution in [2.75, 3.05) is 32.1 Å². The van der Waals surface area contributed by atoms with Gasteiger partial charge in [0, 0.05) is 29.9 Å². The summed E-state index contributed by atoms with van der Waals surface area (Å²) in [5, 5.41) is 3.13. The van der Waals surface area contributed by atoms with E-state index >= 15 is 0 Å². The number of methoxy groups -OCH3 is 1. The number of amides is 1. The Morgan fingerprint density at radius 2 is 1.79 bits per heavy atom. The van der Waals surface area contributed by atoms with Gasteiger partial charge in [-0.2, -0.15) is 4.31 Å². The van der Waals surface area contributed by atoms with Crippen molar-refractivity contribution in [3.63, 3.8) is 0 Å². The topological polar surface area (TPSA) is 102 Å². The lowest BCUT2D eigenvalue weighted by Crippen LogP contribution is -2.35. The molecule has 0 saturated carbocycles. The lowest BCUT2D eigenvalue weighted by atomic mass is 10.2. The van der Waals surface area contributed by atoms with Crippen molar-refractivity contribution >= 4 is 45.3 Å². The Labute approximate surface area is 198 Å². The van der Waals surface area contributed by atoms with E-state index in [1.54, 1.807) is 24.3 Å². The molecule has 1 aliphatic heterocycles. The van der Waals surface area contributed by atoms with Gasteiger partial charge in [-0.05, 0) is 54.8 Å². The molecule has 0 radical (unpaired) electrons. The molecule has 0 atom stereocenters. The number of hydrogen-bond acceptors (Lipinski definition) is 6. The number of hydrogen-bond donors (Lipinski definition) is 1. The summed E-state index contributed by atoms with van der Waals surface area (Å²) < 4.78 is 37.8. The average Bonchev–Trinajstić information content (AvgIpc) is 2.83. The molecule has 176 valence electrons. The third-order valence-corrected chi connectivity index (χ3v) is 7.18. The van der Waals surface area contributed by atoms with E-state index in [0.717, 1.165) is 24.8 Å². The number of halogens is 1. The van der Waals surface area contributed by atoms with Crippen LogP contribution in [0.1, 0.15) is 24.8 Å². The van der Waals surface area contributed by atoms with Gasteiger partial charge in [-0.1, -0.05) is 30.2 Å².